The molecule has 2 heterocycles. The maximum absolute atomic E-state index is 12.7. The molecule has 6 nitrogen and oxygen atoms in total. The highest BCUT2D eigenvalue weighted by Crippen LogP contribution is 2.29. The van der Waals surface area contributed by atoms with Crippen molar-refractivity contribution in [3.8, 4) is 0 Å². The molecule has 0 atom stereocenters. The van der Waals surface area contributed by atoms with Crippen LogP contribution in [0.2, 0.25) is 0 Å². The van der Waals surface area contributed by atoms with Crippen LogP contribution in [-0.2, 0) is 10.9 Å². The Morgan fingerprint density at radius 2 is 1.63 bits per heavy atom. The Balaban J connectivity index is 1.62. The van der Waals surface area contributed by atoms with Crippen molar-refractivity contribution < 1.29 is 27.5 Å². The summed E-state index contributed by atoms with van der Waals surface area (Å²) in [5, 5.41) is 4.32. The second-order valence-electron chi connectivity index (χ2n) is 8.28. The van der Waals surface area contributed by atoms with Crippen LogP contribution >= 0.6 is 0 Å². The number of carbonyl (C=O) groups is 2. The van der Waals surface area contributed by atoms with Gasteiger partial charge in [0.1, 0.15) is 11.3 Å². The van der Waals surface area contributed by atoms with Crippen LogP contribution < -0.4 is 0 Å². The van der Waals surface area contributed by atoms with Gasteiger partial charge in [0, 0.05) is 24.8 Å². The molecule has 0 aliphatic carbocycles. The zero-order valence-corrected chi connectivity index (χ0v) is 17.1. The summed E-state index contributed by atoms with van der Waals surface area (Å²) in [5.41, 5.74) is -1.04. The molecule has 1 amide bonds. The molecule has 1 saturated heterocycles. The van der Waals surface area contributed by atoms with Crippen molar-refractivity contribution in [2.75, 3.05) is 13.1 Å². The largest absolute Gasteiger partial charge is 0.444 e. The summed E-state index contributed by atoms with van der Waals surface area (Å²) in [7, 11) is 0. The number of halogens is 3. The summed E-state index contributed by atoms with van der Waals surface area (Å²) >= 11 is 0. The van der Waals surface area contributed by atoms with E-state index in [9.17, 15) is 22.8 Å². The number of ketones is 1. The molecule has 2 aromatic rings. The minimum absolute atomic E-state index is 0.0258. The van der Waals surface area contributed by atoms with Gasteiger partial charge in [0.25, 0.3) is 0 Å². The quantitative estimate of drug-likeness (QED) is 0.671. The molecule has 1 aromatic carbocycles. The van der Waals surface area contributed by atoms with Gasteiger partial charge in [0.2, 0.25) is 5.78 Å². The molecule has 3 rings (SSSR count). The average Bonchev–Trinajstić information content (AvgIpc) is 3.16. The average molecular weight is 423 g/mol. The molecule has 0 unspecified atom stereocenters. The van der Waals surface area contributed by atoms with Crippen LogP contribution in [-0.4, -0.2) is 45.2 Å². The van der Waals surface area contributed by atoms with Gasteiger partial charge in [-0.2, -0.15) is 18.3 Å². The third-order valence-electron chi connectivity index (χ3n) is 4.81. The van der Waals surface area contributed by atoms with Crippen LogP contribution in [0.4, 0.5) is 18.0 Å². The zero-order valence-electron chi connectivity index (χ0n) is 17.1. The van der Waals surface area contributed by atoms with Gasteiger partial charge in [-0.3, -0.25) is 9.48 Å². The van der Waals surface area contributed by atoms with E-state index in [1.165, 1.54) is 0 Å². The van der Waals surface area contributed by atoms with Crippen LogP contribution in [0.25, 0.3) is 0 Å². The number of piperidine rings is 1. The fourth-order valence-corrected chi connectivity index (χ4v) is 3.26. The molecule has 0 radical (unpaired) electrons. The first-order valence-corrected chi connectivity index (χ1v) is 9.69. The Kier molecular flexibility index (Phi) is 5.92. The third kappa shape index (κ3) is 5.20. The number of carbonyl (C=O) groups excluding carboxylic acids is 2. The van der Waals surface area contributed by atoms with Crippen LogP contribution in [0.15, 0.2) is 36.5 Å². The number of hydrogen-bond acceptors (Lipinski definition) is 4. The Hall–Kier alpha value is -2.84. The lowest BCUT2D eigenvalue weighted by atomic mass is 10.1. The molecule has 0 bridgehead atoms. The fraction of sp³-hybridized carbons (Fsp3) is 0.476. The Bertz CT molecular complexity index is 906. The summed E-state index contributed by atoms with van der Waals surface area (Å²) in [6, 6.07) is 5.67. The van der Waals surface area contributed by atoms with E-state index in [1.807, 2.05) is 20.8 Å². The molecular weight excluding hydrogens is 399 g/mol. The molecule has 1 aromatic heterocycles. The van der Waals surface area contributed by atoms with E-state index >= 15 is 0 Å². The summed E-state index contributed by atoms with van der Waals surface area (Å²) in [4.78, 5) is 26.4. The van der Waals surface area contributed by atoms with E-state index < -0.39 is 23.1 Å². The zero-order chi connectivity index (χ0) is 22.1. The number of hydrogen-bond donors (Lipinski definition) is 0. The van der Waals surface area contributed by atoms with Crippen LogP contribution in [0.1, 0.15) is 61.3 Å². The minimum atomic E-state index is -4.45. The van der Waals surface area contributed by atoms with Gasteiger partial charge in [0.15, 0.2) is 0 Å². The van der Waals surface area contributed by atoms with E-state index in [-0.39, 0.29) is 23.4 Å². The van der Waals surface area contributed by atoms with E-state index in [2.05, 4.69) is 5.10 Å². The molecule has 9 heteroatoms. The third-order valence-corrected chi connectivity index (χ3v) is 4.81. The molecule has 1 aliphatic rings. The first-order chi connectivity index (χ1) is 13.9. The van der Waals surface area contributed by atoms with Crippen molar-refractivity contribution in [1.82, 2.24) is 14.7 Å². The molecule has 1 aliphatic heterocycles. The molecule has 0 spiro atoms. The number of amides is 1. The second kappa shape index (κ2) is 8.12. The number of benzene rings is 1. The second-order valence-corrected chi connectivity index (χ2v) is 8.28. The van der Waals surface area contributed by atoms with Crippen molar-refractivity contribution in [2.24, 2.45) is 0 Å². The van der Waals surface area contributed by atoms with Gasteiger partial charge < -0.3 is 9.64 Å². The molecular formula is C21H24F3N3O3. The van der Waals surface area contributed by atoms with Gasteiger partial charge in [-0.25, -0.2) is 4.79 Å². The highest BCUT2D eigenvalue weighted by Gasteiger charge is 2.31. The predicted molar refractivity (Wildman–Crippen MR) is 103 cm³/mol. The molecule has 1 fully saturated rings. The maximum atomic E-state index is 12.7. The molecule has 162 valence electrons. The van der Waals surface area contributed by atoms with Gasteiger partial charge in [-0.15, -0.1) is 0 Å². The van der Waals surface area contributed by atoms with Crippen LogP contribution in [0.5, 0.6) is 0 Å². The molecule has 30 heavy (non-hydrogen) atoms. The van der Waals surface area contributed by atoms with Gasteiger partial charge in [-0.05, 0) is 51.8 Å². The topological polar surface area (TPSA) is 64.4 Å². The minimum Gasteiger partial charge on any atom is -0.444 e. The van der Waals surface area contributed by atoms with Gasteiger partial charge >= 0.3 is 12.3 Å². The Morgan fingerprint density at radius 1 is 1.03 bits per heavy atom. The van der Waals surface area contributed by atoms with Crippen molar-refractivity contribution >= 4 is 11.9 Å². The van der Waals surface area contributed by atoms with Crippen molar-refractivity contribution in [2.45, 2.75) is 51.4 Å². The lowest BCUT2D eigenvalue weighted by Crippen LogP contribution is -2.42. The lowest BCUT2D eigenvalue weighted by molar-refractivity contribution is -0.137. The number of nitrogens with zero attached hydrogens (tertiary/aromatic N) is 3. The van der Waals surface area contributed by atoms with Crippen LogP contribution in [0, 0.1) is 0 Å². The summed E-state index contributed by atoms with van der Waals surface area (Å²) in [5.74, 6) is -0.436. The first-order valence-electron chi connectivity index (χ1n) is 9.69. The Morgan fingerprint density at radius 3 is 2.17 bits per heavy atom. The fourth-order valence-electron chi connectivity index (χ4n) is 3.26. The number of alkyl halides is 3. The Labute approximate surface area is 172 Å². The number of aromatic nitrogens is 2. The van der Waals surface area contributed by atoms with Gasteiger partial charge in [0.05, 0.1) is 11.6 Å². The monoisotopic (exact) mass is 423 g/mol. The van der Waals surface area contributed by atoms with Crippen molar-refractivity contribution in [3.05, 3.63) is 53.3 Å². The summed E-state index contributed by atoms with van der Waals surface area (Å²) < 4.78 is 45.1. The normalized spacial score (nSPS) is 15.9. The molecule has 0 N–H and O–H groups in total. The standard InChI is InChI=1S/C21H24F3N3O3/c1-20(2,3)30-19(29)26-11-8-16(9-12-26)27-13-10-17(25-27)18(28)14-4-6-15(7-5-14)21(22,23)24/h4-7,10,13,16H,8-9,11-12H2,1-3H3. The summed E-state index contributed by atoms with van der Waals surface area (Å²) in [6.45, 7) is 6.48. The highest BCUT2D eigenvalue weighted by atomic mass is 19.4. The number of ether oxygens (including phenoxy) is 1. The molecule has 0 saturated carbocycles. The van der Waals surface area contributed by atoms with E-state index in [4.69, 9.17) is 4.74 Å². The van der Waals surface area contributed by atoms with Crippen molar-refractivity contribution in [1.29, 1.82) is 0 Å². The first kappa shape index (κ1) is 21.9. The number of rotatable bonds is 3. The van der Waals surface area contributed by atoms with E-state index in [0.717, 1.165) is 24.3 Å². The van der Waals surface area contributed by atoms with E-state index in [1.54, 1.807) is 21.8 Å². The van der Waals surface area contributed by atoms with Crippen molar-refractivity contribution in [3.63, 3.8) is 0 Å². The van der Waals surface area contributed by atoms with Gasteiger partial charge in [-0.1, -0.05) is 12.1 Å². The SMILES string of the molecule is CC(C)(C)OC(=O)N1CCC(n2ccc(C(=O)c3ccc(C(F)(F)F)cc3)n2)CC1. The lowest BCUT2D eigenvalue weighted by Gasteiger charge is -2.33. The number of likely N-dealkylation sites (tertiary alicyclic amines) is 1. The van der Waals surface area contributed by atoms with E-state index in [0.29, 0.717) is 25.9 Å². The predicted octanol–water partition coefficient (Wildman–Crippen LogP) is 4.70. The maximum Gasteiger partial charge on any atom is 0.416 e. The smallest absolute Gasteiger partial charge is 0.416 e. The van der Waals surface area contributed by atoms with Crippen LogP contribution in [0.3, 0.4) is 0 Å². The summed E-state index contributed by atoms with van der Waals surface area (Å²) in [6.07, 6.45) is -1.79. The highest BCUT2D eigenvalue weighted by molar-refractivity contribution is 6.07.